The van der Waals surface area contributed by atoms with E-state index in [1.807, 2.05) is 0 Å². The Morgan fingerprint density at radius 1 is 1.12 bits per heavy atom. The Morgan fingerprint density at radius 3 is 2.19 bits per heavy atom. The van der Waals surface area contributed by atoms with E-state index >= 15 is 0 Å². The standard InChI is InChI=1S/C13H26N2O/c1-11(2)13(12(3)4)14-16-10-9-15-7-5-6-8-15/h11-12H,5-10H2,1-4H3. The lowest BCUT2D eigenvalue weighted by atomic mass is 9.98. The molecule has 0 bridgehead atoms. The van der Waals surface area contributed by atoms with Gasteiger partial charge in [0.1, 0.15) is 6.61 Å². The third kappa shape index (κ3) is 4.52. The minimum Gasteiger partial charge on any atom is -0.394 e. The van der Waals surface area contributed by atoms with Crippen LogP contribution in [0.1, 0.15) is 40.5 Å². The summed E-state index contributed by atoms with van der Waals surface area (Å²) in [6.45, 7) is 12.9. The maximum Gasteiger partial charge on any atom is 0.129 e. The van der Waals surface area contributed by atoms with Crippen LogP contribution in [0.25, 0.3) is 0 Å². The van der Waals surface area contributed by atoms with Crippen LogP contribution < -0.4 is 0 Å². The molecule has 3 nitrogen and oxygen atoms in total. The van der Waals surface area contributed by atoms with Gasteiger partial charge in [-0.3, -0.25) is 4.90 Å². The fourth-order valence-electron chi connectivity index (χ4n) is 2.17. The largest absolute Gasteiger partial charge is 0.394 e. The molecule has 0 unspecified atom stereocenters. The monoisotopic (exact) mass is 226 g/mol. The Hall–Kier alpha value is -0.570. The molecule has 1 aliphatic rings. The van der Waals surface area contributed by atoms with Gasteiger partial charge in [-0.2, -0.15) is 0 Å². The van der Waals surface area contributed by atoms with Gasteiger partial charge in [-0.15, -0.1) is 0 Å². The third-order valence-corrected chi connectivity index (χ3v) is 3.05. The molecule has 1 rings (SSSR count). The van der Waals surface area contributed by atoms with Crippen molar-refractivity contribution in [3.05, 3.63) is 0 Å². The van der Waals surface area contributed by atoms with Crippen LogP contribution >= 0.6 is 0 Å². The zero-order valence-corrected chi connectivity index (χ0v) is 11.2. The normalized spacial score (nSPS) is 17.1. The lowest BCUT2D eigenvalue weighted by Crippen LogP contribution is -2.24. The summed E-state index contributed by atoms with van der Waals surface area (Å²) >= 11 is 0. The summed E-state index contributed by atoms with van der Waals surface area (Å²) in [6, 6.07) is 0. The van der Waals surface area contributed by atoms with Gasteiger partial charge in [0.2, 0.25) is 0 Å². The number of rotatable bonds is 6. The molecule has 3 heteroatoms. The fraction of sp³-hybridized carbons (Fsp3) is 0.923. The Kier molecular flexibility index (Phi) is 5.81. The summed E-state index contributed by atoms with van der Waals surface area (Å²) in [7, 11) is 0. The fourth-order valence-corrected chi connectivity index (χ4v) is 2.17. The highest BCUT2D eigenvalue weighted by Crippen LogP contribution is 2.09. The van der Waals surface area contributed by atoms with Crippen molar-refractivity contribution < 1.29 is 4.84 Å². The van der Waals surface area contributed by atoms with Crippen LogP contribution in [0.4, 0.5) is 0 Å². The van der Waals surface area contributed by atoms with Gasteiger partial charge in [0.05, 0.1) is 5.71 Å². The van der Waals surface area contributed by atoms with Crippen LogP contribution in [0.2, 0.25) is 0 Å². The molecule has 0 atom stereocenters. The van der Waals surface area contributed by atoms with Gasteiger partial charge in [-0.05, 0) is 37.8 Å². The second-order valence-corrected chi connectivity index (χ2v) is 5.21. The van der Waals surface area contributed by atoms with Gasteiger partial charge in [-0.25, -0.2) is 0 Å². The van der Waals surface area contributed by atoms with E-state index in [-0.39, 0.29) is 0 Å². The molecule has 0 radical (unpaired) electrons. The van der Waals surface area contributed by atoms with E-state index in [0.717, 1.165) is 13.2 Å². The van der Waals surface area contributed by atoms with Gasteiger partial charge in [-0.1, -0.05) is 32.9 Å². The van der Waals surface area contributed by atoms with E-state index in [2.05, 4.69) is 37.8 Å². The van der Waals surface area contributed by atoms with Crippen LogP contribution in [-0.2, 0) is 4.84 Å². The maximum atomic E-state index is 5.43. The van der Waals surface area contributed by atoms with Crippen molar-refractivity contribution in [3.63, 3.8) is 0 Å². The number of hydrogen-bond donors (Lipinski definition) is 0. The lowest BCUT2D eigenvalue weighted by Gasteiger charge is -2.15. The highest BCUT2D eigenvalue weighted by molar-refractivity contribution is 5.87. The van der Waals surface area contributed by atoms with E-state index in [1.165, 1.54) is 31.6 Å². The topological polar surface area (TPSA) is 24.8 Å². The first kappa shape index (κ1) is 13.5. The number of likely N-dealkylation sites (tertiary alicyclic amines) is 1. The van der Waals surface area contributed by atoms with Gasteiger partial charge < -0.3 is 4.84 Å². The minimum atomic E-state index is 0.479. The van der Waals surface area contributed by atoms with E-state index < -0.39 is 0 Å². The first-order chi connectivity index (χ1) is 7.61. The SMILES string of the molecule is CC(C)C(=NOCCN1CCCC1)C(C)C. The molecule has 1 saturated heterocycles. The molecule has 1 fully saturated rings. The van der Waals surface area contributed by atoms with Gasteiger partial charge >= 0.3 is 0 Å². The number of hydrogen-bond acceptors (Lipinski definition) is 3. The van der Waals surface area contributed by atoms with E-state index in [0.29, 0.717) is 11.8 Å². The predicted octanol–water partition coefficient (Wildman–Crippen LogP) is 2.77. The van der Waals surface area contributed by atoms with E-state index in [1.54, 1.807) is 0 Å². The maximum absolute atomic E-state index is 5.43. The quantitative estimate of drug-likeness (QED) is 0.395. The summed E-state index contributed by atoms with van der Waals surface area (Å²) in [5, 5.41) is 4.27. The van der Waals surface area contributed by atoms with Crippen molar-refractivity contribution in [2.45, 2.75) is 40.5 Å². The first-order valence-electron chi connectivity index (χ1n) is 6.53. The average Bonchev–Trinajstić information content (AvgIpc) is 2.68. The molecule has 0 amide bonds. The van der Waals surface area contributed by atoms with Crippen molar-refractivity contribution in [3.8, 4) is 0 Å². The molecule has 0 aromatic rings. The van der Waals surface area contributed by atoms with Gasteiger partial charge in [0.15, 0.2) is 0 Å². The highest BCUT2D eigenvalue weighted by Gasteiger charge is 2.12. The molecule has 1 heterocycles. The molecule has 0 spiro atoms. The van der Waals surface area contributed by atoms with E-state index in [9.17, 15) is 0 Å². The van der Waals surface area contributed by atoms with Crippen molar-refractivity contribution in [2.24, 2.45) is 17.0 Å². The number of oxime groups is 1. The van der Waals surface area contributed by atoms with Gasteiger partial charge in [0.25, 0.3) is 0 Å². The molecule has 0 N–H and O–H groups in total. The Labute approximate surface area is 99.8 Å². The van der Waals surface area contributed by atoms with Crippen LogP contribution in [0, 0.1) is 11.8 Å². The lowest BCUT2D eigenvalue weighted by molar-refractivity contribution is 0.116. The van der Waals surface area contributed by atoms with Crippen molar-refractivity contribution in [1.82, 2.24) is 4.90 Å². The van der Waals surface area contributed by atoms with E-state index in [4.69, 9.17) is 4.84 Å². The predicted molar refractivity (Wildman–Crippen MR) is 68.7 cm³/mol. The summed E-state index contributed by atoms with van der Waals surface area (Å²) in [5.74, 6) is 0.957. The summed E-state index contributed by atoms with van der Waals surface area (Å²) in [5.41, 5.74) is 1.17. The van der Waals surface area contributed by atoms with Crippen molar-refractivity contribution in [2.75, 3.05) is 26.2 Å². The molecule has 94 valence electrons. The second-order valence-electron chi connectivity index (χ2n) is 5.21. The molecule has 0 aliphatic carbocycles. The Balaban J connectivity index is 2.22. The minimum absolute atomic E-state index is 0.479. The molecular weight excluding hydrogens is 200 g/mol. The Morgan fingerprint density at radius 2 is 1.69 bits per heavy atom. The average molecular weight is 226 g/mol. The molecule has 0 aromatic heterocycles. The summed E-state index contributed by atoms with van der Waals surface area (Å²) in [6.07, 6.45) is 2.68. The summed E-state index contributed by atoms with van der Waals surface area (Å²) in [4.78, 5) is 7.87. The molecule has 0 aromatic carbocycles. The highest BCUT2D eigenvalue weighted by atomic mass is 16.6. The third-order valence-electron chi connectivity index (χ3n) is 3.05. The second kappa shape index (κ2) is 6.89. The van der Waals surface area contributed by atoms with Crippen molar-refractivity contribution in [1.29, 1.82) is 0 Å². The zero-order chi connectivity index (χ0) is 12.0. The molecule has 1 aliphatic heterocycles. The molecule has 16 heavy (non-hydrogen) atoms. The van der Waals surface area contributed by atoms with Crippen LogP contribution in [-0.4, -0.2) is 36.9 Å². The molecular formula is C13H26N2O. The van der Waals surface area contributed by atoms with Crippen LogP contribution in [0.15, 0.2) is 5.16 Å². The zero-order valence-electron chi connectivity index (χ0n) is 11.2. The van der Waals surface area contributed by atoms with Crippen LogP contribution in [0.5, 0.6) is 0 Å². The van der Waals surface area contributed by atoms with Crippen molar-refractivity contribution >= 4 is 5.71 Å². The van der Waals surface area contributed by atoms with Gasteiger partial charge in [0, 0.05) is 6.54 Å². The first-order valence-corrected chi connectivity index (χ1v) is 6.53. The molecule has 0 saturated carbocycles. The van der Waals surface area contributed by atoms with Crippen LogP contribution in [0.3, 0.4) is 0 Å². The summed E-state index contributed by atoms with van der Waals surface area (Å²) < 4.78 is 0. The number of nitrogens with zero attached hydrogens (tertiary/aromatic N) is 2. The smallest absolute Gasteiger partial charge is 0.129 e. The Bertz CT molecular complexity index is 208.